The molecule has 0 amide bonds. The Labute approximate surface area is 166 Å². The fraction of sp³-hybridized carbons (Fsp3) is 0.0909. The molecule has 0 atom stereocenters. The summed E-state index contributed by atoms with van der Waals surface area (Å²) < 4.78 is 5.77. The number of hydrogen-bond donors (Lipinski definition) is 2. The van der Waals surface area contributed by atoms with Crippen LogP contribution in [0.4, 0.5) is 5.69 Å². The molecular formula is C22H19N5O2. The lowest BCUT2D eigenvalue weighted by molar-refractivity contribution is 0.442. The summed E-state index contributed by atoms with van der Waals surface area (Å²) in [4.78, 5) is 27.8. The Kier molecular flexibility index (Phi) is 5.03. The number of H-pyrrole nitrogens is 1. The number of pyridine rings is 1. The van der Waals surface area contributed by atoms with E-state index in [-0.39, 0.29) is 11.6 Å². The number of anilines is 1. The van der Waals surface area contributed by atoms with Crippen LogP contribution in [0.2, 0.25) is 0 Å². The van der Waals surface area contributed by atoms with Crippen molar-refractivity contribution in [3.05, 3.63) is 88.5 Å². The molecule has 0 saturated carbocycles. The largest absolute Gasteiger partial charge is 0.426 e. The molecule has 2 heterocycles. The maximum Gasteiger partial charge on any atom is 0.302 e. The standard InChI is InChI=1S/C22H19N5O2/c1-14(25-12-15-5-3-2-4-6-15)18-11-16(7-8-19(18)23)29-22-26-20-13-24-10-9-17(20)21(28)27-22/h2-11,13H,12,23H2,1H3,(H,26,27,28). The number of nitrogen functional groups attached to an aromatic ring is 1. The predicted octanol–water partition coefficient (Wildman–Crippen LogP) is 3.70. The van der Waals surface area contributed by atoms with Crippen molar-refractivity contribution in [3.8, 4) is 11.8 Å². The topological polar surface area (TPSA) is 106 Å². The number of ether oxygens (including phenoxy) is 1. The highest BCUT2D eigenvalue weighted by Gasteiger charge is 2.09. The van der Waals surface area contributed by atoms with E-state index in [9.17, 15) is 4.79 Å². The SMILES string of the molecule is CC(=NCc1ccccc1)c1cc(Oc2nc3cnccc3c(=O)[nH]2)ccc1N. The van der Waals surface area contributed by atoms with Crippen LogP contribution in [0.5, 0.6) is 11.8 Å². The summed E-state index contributed by atoms with van der Waals surface area (Å²) in [5, 5.41) is 0.453. The maximum atomic E-state index is 12.2. The first-order chi connectivity index (χ1) is 14.1. The van der Waals surface area contributed by atoms with Crippen LogP contribution in [0.1, 0.15) is 18.1 Å². The van der Waals surface area contributed by atoms with Gasteiger partial charge in [0.1, 0.15) is 5.75 Å². The summed E-state index contributed by atoms with van der Waals surface area (Å²) >= 11 is 0. The number of aromatic nitrogens is 3. The van der Waals surface area contributed by atoms with Gasteiger partial charge in [0.2, 0.25) is 0 Å². The van der Waals surface area contributed by atoms with Crippen LogP contribution in [-0.2, 0) is 6.54 Å². The zero-order valence-corrected chi connectivity index (χ0v) is 15.8. The van der Waals surface area contributed by atoms with Crippen molar-refractivity contribution in [3.63, 3.8) is 0 Å². The number of aliphatic imine (C=N–C) groups is 1. The Morgan fingerprint density at radius 3 is 2.83 bits per heavy atom. The molecule has 29 heavy (non-hydrogen) atoms. The zero-order chi connectivity index (χ0) is 20.2. The van der Waals surface area contributed by atoms with Gasteiger partial charge in [0.25, 0.3) is 5.56 Å². The van der Waals surface area contributed by atoms with E-state index >= 15 is 0 Å². The van der Waals surface area contributed by atoms with Crippen molar-refractivity contribution in [1.82, 2.24) is 15.0 Å². The highest BCUT2D eigenvalue weighted by molar-refractivity contribution is 6.03. The monoisotopic (exact) mass is 385 g/mol. The summed E-state index contributed by atoms with van der Waals surface area (Å²) in [6, 6.07) is 16.9. The minimum Gasteiger partial charge on any atom is -0.426 e. The van der Waals surface area contributed by atoms with Crippen molar-refractivity contribution in [2.75, 3.05) is 5.73 Å². The lowest BCUT2D eigenvalue weighted by atomic mass is 10.1. The van der Waals surface area contributed by atoms with Crippen LogP contribution in [0.15, 0.2) is 76.8 Å². The third-order valence-electron chi connectivity index (χ3n) is 4.46. The van der Waals surface area contributed by atoms with Crippen molar-refractivity contribution in [2.24, 2.45) is 4.99 Å². The van der Waals surface area contributed by atoms with Crippen molar-refractivity contribution in [1.29, 1.82) is 0 Å². The van der Waals surface area contributed by atoms with E-state index in [0.717, 1.165) is 16.8 Å². The number of nitrogens with two attached hydrogens (primary N) is 1. The Morgan fingerprint density at radius 1 is 1.17 bits per heavy atom. The smallest absolute Gasteiger partial charge is 0.302 e. The van der Waals surface area contributed by atoms with Crippen molar-refractivity contribution >= 4 is 22.3 Å². The molecular weight excluding hydrogens is 366 g/mol. The molecule has 144 valence electrons. The molecule has 2 aromatic heterocycles. The van der Waals surface area contributed by atoms with E-state index in [0.29, 0.717) is 28.9 Å². The van der Waals surface area contributed by atoms with Crippen LogP contribution in [0.3, 0.4) is 0 Å². The van der Waals surface area contributed by atoms with E-state index in [1.807, 2.05) is 37.3 Å². The van der Waals surface area contributed by atoms with E-state index in [1.54, 1.807) is 30.5 Å². The van der Waals surface area contributed by atoms with Gasteiger partial charge < -0.3 is 10.5 Å². The van der Waals surface area contributed by atoms with Crippen LogP contribution < -0.4 is 16.0 Å². The minimum absolute atomic E-state index is 0.0881. The Balaban J connectivity index is 1.61. The third kappa shape index (κ3) is 4.14. The minimum atomic E-state index is -0.288. The van der Waals surface area contributed by atoms with Gasteiger partial charge in [-0.1, -0.05) is 30.3 Å². The molecule has 4 rings (SSSR count). The highest BCUT2D eigenvalue weighted by atomic mass is 16.5. The molecule has 0 spiro atoms. The van der Waals surface area contributed by atoms with Gasteiger partial charge in [0, 0.05) is 23.2 Å². The molecule has 0 unspecified atom stereocenters. The summed E-state index contributed by atoms with van der Waals surface area (Å²) in [5.74, 6) is 0.495. The summed E-state index contributed by atoms with van der Waals surface area (Å²) in [6.07, 6.45) is 3.07. The molecule has 0 aliphatic heterocycles. The lowest BCUT2D eigenvalue weighted by Gasteiger charge is -2.10. The molecule has 0 aliphatic rings. The fourth-order valence-corrected chi connectivity index (χ4v) is 2.92. The van der Waals surface area contributed by atoms with Gasteiger partial charge in [0.05, 0.1) is 23.6 Å². The molecule has 4 aromatic rings. The second kappa shape index (κ2) is 7.93. The second-order valence-electron chi connectivity index (χ2n) is 6.50. The molecule has 3 N–H and O–H groups in total. The van der Waals surface area contributed by atoms with Gasteiger partial charge in [-0.15, -0.1) is 0 Å². The number of benzene rings is 2. The normalized spacial score (nSPS) is 11.6. The average Bonchev–Trinajstić information content (AvgIpc) is 2.74. The van der Waals surface area contributed by atoms with Gasteiger partial charge >= 0.3 is 6.01 Å². The van der Waals surface area contributed by atoms with Gasteiger partial charge in [-0.05, 0) is 36.8 Å². The van der Waals surface area contributed by atoms with E-state index < -0.39 is 0 Å². The van der Waals surface area contributed by atoms with Crippen molar-refractivity contribution in [2.45, 2.75) is 13.5 Å². The van der Waals surface area contributed by atoms with Crippen molar-refractivity contribution < 1.29 is 4.74 Å². The summed E-state index contributed by atoms with van der Waals surface area (Å²) in [6.45, 7) is 2.46. The number of aromatic amines is 1. The van der Waals surface area contributed by atoms with Gasteiger partial charge in [0.15, 0.2) is 0 Å². The molecule has 0 radical (unpaired) electrons. The number of nitrogens with one attached hydrogen (secondary N) is 1. The molecule has 0 saturated heterocycles. The molecule has 0 aliphatic carbocycles. The number of nitrogens with zero attached hydrogens (tertiary/aromatic N) is 3. The number of hydrogen-bond acceptors (Lipinski definition) is 6. The van der Waals surface area contributed by atoms with Crippen LogP contribution in [0.25, 0.3) is 10.9 Å². The zero-order valence-electron chi connectivity index (χ0n) is 15.8. The number of fused-ring (bicyclic) bond motifs is 1. The highest BCUT2D eigenvalue weighted by Crippen LogP contribution is 2.24. The molecule has 0 bridgehead atoms. The maximum absolute atomic E-state index is 12.2. The van der Waals surface area contributed by atoms with Crippen LogP contribution >= 0.6 is 0 Å². The first kappa shape index (κ1) is 18.4. The molecule has 7 heteroatoms. The van der Waals surface area contributed by atoms with Crippen LogP contribution in [-0.4, -0.2) is 20.7 Å². The Bertz CT molecular complexity index is 1250. The summed E-state index contributed by atoms with van der Waals surface area (Å²) in [7, 11) is 0. The Morgan fingerprint density at radius 2 is 2.00 bits per heavy atom. The lowest BCUT2D eigenvalue weighted by Crippen LogP contribution is -2.09. The molecule has 0 fully saturated rings. The molecule has 2 aromatic carbocycles. The quantitative estimate of drug-likeness (QED) is 0.402. The molecule has 7 nitrogen and oxygen atoms in total. The van der Waals surface area contributed by atoms with Gasteiger partial charge in [-0.3, -0.25) is 19.8 Å². The van der Waals surface area contributed by atoms with E-state index in [1.165, 1.54) is 6.20 Å². The summed E-state index contributed by atoms with van der Waals surface area (Å²) in [5.41, 5.74) is 9.57. The van der Waals surface area contributed by atoms with Gasteiger partial charge in [-0.25, -0.2) is 0 Å². The first-order valence-electron chi connectivity index (χ1n) is 9.07. The van der Waals surface area contributed by atoms with E-state index in [2.05, 4.69) is 19.9 Å². The Hall–Kier alpha value is -4.00. The second-order valence-corrected chi connectivity index (χ2v) is 6.50. The fourth-order valence-electron chi connectivity index (χ4n) is 2.92. The van der Waals surface area contributed by atoms with Gasteiger partial charge in [-0.2, -0.15) is 4.98 Å². The van der Waals surface area contributed by atoms with Crippen LogP contribution in [0, 0.1) is 0 Å². The third-order valence-corrected chi connectivity index (χ3v) is 4.46. The predicted molar refractivity (Wildman–Crippen MR) is 113 cm³/mol. The first-order valence-corrected chi connectivity index (χ1v) is 9.07. The van der Waals surface area contributed by atoms with E-state index in [4.69, 9.17) is 10.5 Å². The average molecular weight is 385 g/mol. The number of rotatable bonds is 5.